The van der Waals surface area contributed by atoms with Crippen molar-refractivity contribution in [2.75, 3.05) is 0 Å². The first-order valence-electron chi connectivity index (χ1n) is 9.63. The van der Waals surface area contributed by atoms with Crippen LogP contribution in [0.5, 0.6) is 11.5 Å². The molecule has 0 unspecified atom stereocenters. The first-order valence-corrected chi connectivity index (χ1v) is 9.63. The maximum absolute atomic E-state index is 10.3. The normalized spacial score (nSPS) is 11.1. The topological polar surface area (TPSA) is 65.7 Å². The summed E-state index contributed by atoms with van der Waals surface area (Å²) in [5.41, 5.74) is 2.71. The first-order chi connectivity index (χ1) is 14.7. The molecule has 0 aliphatic heterocycles. The Labute approximate surface area is 193 Å². The SMILES string of the molecule is Oc1ccccc1-c1cc2ccccc2c(C=Nc2cccc3cccc(O)c23)n1.[Pt]. The molecule has 0 radical (unpaired) electrons. The van der Waals surface area contributed by atoms with Gasteiger partial charge in [-0.3, -0.25) is 4.99 Å². The van der Waals surface area contributed by atoms with E-state index < -0.39 is 0 Å². The molecule has 4 nitrogen and oxygen atoms in total. The van der Waals surface area contributed by atoms with E-state index in [1.165, 1.54) is 0 Å². The molecule has 0 amide bonds. The molecule has 5 aromatic rings. The predicted octanol–water partition coefficient (Wildman–Crippen LogP) is 6.21. The van der Waals surface area contributed by atoms with E-state index in [4.69, 9.17) is 4.98 Å². The van der Waals surface area contributed by atoms with Gasteiger partial charge >= 0.3 is 0 Å². The quantitative estimate of drug-likeness (QED) is 0.248. The molecule has 0 aliphatic rings. The third-order valence-electron chi connectivity index (χ3n) is 5.14. The van der Waals surface area contributed by atoms with Crippen molar-refractivity contribution < 1.29 is 31.3 Å². The molecule has 1 heterocycles. The standard InChI is InChI=1S/C26H18N2O2.Pt/c29-24-13-4-3-11-20(24)22-15-18-7-1-2-10-19(18)23(28-22)16-27-21-12-5-8-17-9-6-14-25(30)26(17)21;/h1-16,29-30H;. The fourth-order valence-electron chi connectivity index (χ4n) is 3.69. The first kappa shape index (κ1) is 20.8. The van der Waals surface area contributed by atoms with Gasteiger partial charge in [0.05, 0.1) is 23.3 Å². The Balaban J connectivity index is 0.00000231. The predicted molar refractivity (Wildman–Crippen MR) is 122 cm³/mol. The number of aliphatic imine (C=N–C) groups is 1. The van der Waals surface area contributed by atoms with Crippen LogP contribution in [0.1, 0.15) is 5.69 Å². The molecule has 0 bridgehead atoms. The summed E-state index contributed by atoms with van der Waals surface area (Å²) in [5.74, 6) is 0.378. The average Bonchev–Trinajstić information content (AvgIpc) is 2.77. The Morgan fingerprint density at radius 3 is 2.23 bits per heavy atom. The maximum Gasteiger partial charge on any atom is 0.125 e. The molecule has 4 aromatic carbocycles. The van der Waals surface area contributed by atoms with Crippen molar-refractivity contribution in [3.63, 3.8) is 0 Å². The molecule has 0 spiro atoms. The van der Waals surface area contributed by atoms with E-state index in [0.717, 1.165) is 16.2 Å². The van der Waals surface area contributed by atoms with Crippen LogP contribution >= 0.6 is 0 Å². The van der Waals surface area contributed by atoms with E-state index in [-0.39, 0.29) is 32.6 Å². The Hall–Kier alpha value is -3.49. The number of benzene rings is 4. The molecular weight excluding hydrogens is 567 g/mol. The summed E-state index contributed by atoms with van der Waals surface area (Å²) >= 11 is 0. The molecule has 31 heavy (non-hydrogen) atoms. The van der Waals surface area contributed by atoms with Crippen LogP contribution in [0.25, 0.3) is 32.8 Å². The van der Waals surface area contributed by atoms with Crippen LogP contribution in [-0.4, -0.2) is 21.4 Å². The zero-order chi connectivity index (χ0) is 20.5. The minimum Gasteiger partial charge on any atom is -0.507 e. The molecule has 0 saturated carbocycles. The number of phenols is 2. The number of nitrogens with zero attached hydrogens (tertiary/aromatic N) is 2. The Morgan fingerprint density at radius 1 is 0.710 bits per heavy atom. The summed E-state index contributed by atoms with van der Waals surface area (Å²) in [6.07, 6.45) is 1.72. The summed E-state index contributed by atoms with van der Waals surface area (Å²) in [4.78, 5) is 9.44. The Morgan fingerprint density at radius 2 is 1.39 bits per heavy atom. The third-order valence-corrected chi connectivity index (χ3v) is 5.14. The van der Waals surface area contributed by atoms with E-state index in [1.807, 2.05) is 72.8 Å². The van der Waals surface area contributed by atoms with Gasteiger partial charge in [-0.15, -0.1) is 0 Å². The van der Waals surface area contributed by atoms with Crippen molar-refractivity contribution in [2.45, 2.75) is 0 Å². The van der Waals surface area contributed by atoms with E-state index in [0.29, 0.717) is 28.0 Å². The second-order valence-electron chi connectivity index (χ2n) is 7.04. The molecule has 5 rings (SSSR count). The van der Waals surface area contributed by atoms with Gasteiger partial charge in [-0.05, 0) is 41.1 Å². The van der Waals surface area contributed by atoms with Crippen molar-refractivity contribution in [2.24, 2.45) is 4.99 Å². The van der Waals surface area contributed by atoms with Gasteiger partial charge in [0.15, 0.2) is 0 Å². The van der Waals surface area contributed by atoms with Crippen molar-refractivity contribution in [3.05, 3.63) is 96.7 Å². The van der Waals surface area contributed by atoms with Crippen LogP contribution in [0.2, 0.25) is 0 Å². The number of aromatic hydroxyl groups is 2. The van der Waals surface area contributed by atoms with Crippen LogP contribution in [0, 0.1) is 0 Å². The van der Waals surface area contributed by atoms with Crippen molar-refractivity contribution in [3.8, 4) is 22.8 Å². The van der Waals surface area contributed by atoms with E-state index in [1.54, 1.807) is 24.4 Å². The van der Waals surface area contributed by atoms with Crippen molar-refractivity contribution in [1.82, 2.24) is 4.98 Å². The second-order valence-corrected chi connectivity index (χ2v) is 7.04. The summed E-state index contributed by atoms with van der Waals surface area (Å²) in [7, 11) is 0. The van der Waals surface area contributed by atoms with Gasteiger partial charge < -0.3 is 10.2 Å². The third kappa shape index (κ3) is 3.95. The zero-order valence-corrected chi connectivity index (χ0v) is 18.6. The molecule has 0 atom stereocenters. The fourth-order valence-corrected chi connectivity index (χ4v) is 3.69. The Bertz CT molecular complexity index is 1420. The van der Waals surface area contributed by atoms with Crippen LogP contribution in [0.4, 0.5) is 5.69 Å². The fraction of sp³-hybridized carbons (Fsp3) is 0. The van der Waals surface area contributed by atoms with Gasteiger partial charge in [0, 0.05) is 37.4 Å². The Kier molecular flexibility index (Phi) is 5.83. The monoisotopic (exact) mass is 585 g/mol. The van der Waals surface area contributed by atoms with Gasteiger partial charge in [-0.25, -0.2) is 4.98 Å². The van der Waals surface area contributed by atoms with E-state index >= 15 is 0 Å². The molecule has 1 aromatic heterocycles. The van der Waals surface area contributed by atoms with Gasteiger partial charge in [0.1, 0.15) is 11.5 Å². The molecule has 0 aliphatic carbocycles. The number of para-hydroxylation sites is 1. The largest absolute Gasteiger partial charge is 0.507 e. The summed E-state index contributed by atoms with van der Waals surface area (Å²) < 4.78 is 0. The number of aromatic nitrogens is 1. The molecule has 0 saturated heterocycles. The van der Waals surface area contributed by atoms with Crippen LogP contribution in [0.15, 0.2) is 96.0 Å². The number of fused-ring (bicyclic) bond motifs is 2. The summed E-state index contributed by atoms with van der Waals surface area (Å²) in [6.45, 7) is 0. The van der Waals surface area contributed by atoms with Gasteiger partial charge in [-0.1, -0.05) is 60.7 Å². The second kappa shape index (κ2) is 8.71. The van der Waals surface area contributed by atoms with Crippen LogP contribution < -0.4 is 0 Å². The minimum atomic E-state index is 0. The number of hydrogen-bond donors (Lipinski definition) is 2. The van der Waals surface area contributed by atoms with Gasteiger partial charge in [0.25, 0.3) is 0 Å². The summed E-state index contributed by atoms with van der Waals surface area (Å²) in [6, 6.07) is 28.2. The van der Waals surface area contributed by atoms with Gasteiger partial charge in [-0.2, -0.15) is 0 Å². The number of phenolic OH excluding ortho intramolecular Hbond substituents is 2. The average molecular weight is 586 g/mol. The molecule has 2 N–H and O–H groups in total. The van der Waals surface area contributed by atoms with E-state index in [9.17, 15) is 10.2 Å². The minimum absolute atomic E-state index is 0. The maximum atomic E-state index is 10.3. The van der Waals surface area contributed by atoms with Crippen LogP contribution in [0.3, 0.4) is 0 Å². The number of rotatable bonds is 3. The molecular formula is C26H18N2O2Pt. The molecule has 154 valence electrons. The summed E-state index contributed by atoms with van der Waals surface area (Å²) in [5, 5.41) is 24.2. The van der Waals surface area contributed by atoms with Crippen LogP contribution in [-0.2, 0) is 21.1 Å². The zero-order valence-electron chi connectivity index (χ0n) is 16.3. The molecule has 5 heteroatoms. The molecule has 0 fully saturated rings. The smallest absolute Gasteiger partial charge is 0.125 e. The van der Waals surface area contributed by atoms with Gasteiger partial charge in [0.2, 0.25) is 0 Å². The van der Waals surface area contributed by atoms with E-state index in [2.05, 4.69) is 4.99 Å². The van der Waals surface area contributed by atoms with Crippen molar-refractivity contribution >= 4 is 33.4 Å². The number of pyridine rings is 1. The number of hydrogen-bond acceptors (Lipinski definition) is 4. The van der Waals surface area contributed by atoms with Crippen molar-refractivity contribution in [1.29, 1.82) is 0 Å².